The fourth-order valence-electron chi connectivity index (χ4n) is 3.32. The van der Waals surface area contributed by atoms with Gasteiger partial charge in [0.05, 0.1) is 11.3 Å². The van der Waals surface area contributed by atoms with Crippen LogP contribution in [0.15, 0.2) is 18.2 Å². The summed E-state index contributed by atoms with van der Waals surface area (Å²) >= 11 is 1.63. The molecule has 0 radical (unpaired) electrons. The van der Waals surface area contributed by atoms with Crippen LogP contribution in [0.5, 0.6) is 0 Å². The number of hydrogen-bond acceptors (Lipinski definition) is 6. The summed E-state index contributed by atoms with van der Waals surface area (Å²) in [6.45, 7) is 0. The number of anilines is 2. The second-order valence-electron chi connectivity index (χ2n) is 7.18. The maximum atomic E-state index is 12.6. The van der Waals surface area contributed by atoms with Crippen molar-refractivity contribution in [3.05, 3.63) is 23.8 Å². The summed E-state index contributed by atoms with van der Waals surface area (Å²) < 4.78 is 0. The second-order valence-corrected chi connectivity index (χ2v) is 11.0. The molecule has 1 aromatic rings. The Labute approximate surface area is 183 Å². The van der Waals surface area contributed by atoms with Crippen molar-refractivity contribution in [2.24, 2.45) is 0 Å². The predicted octanol–water partition coefficient (Wildman–Crippen LogP) is 4.14. The van der Waals surface area contributed by atoms with Crippen molar-refractivity contribution < 1.29 is 14.4 Å². The molecule has 2 aliphatic rings. The Bertz CT molecular complexity index is 754. The Morgan fingerprint density at radius 2 is 2.14 bits per heavy atom. The zero-order valence-electron chi connectivity index (χ0n) is 16.5. The molecule has 3 N–H and O–H groups in total. The Morgan fingerprint density at radius 1 is 1.28 bits per heavy atom. The Kier molecular flexibility index (Phi) is 8.62. The molecule has 3 rings (SSSR count). The highest BCUT2D eigenvalue weighted by Gasteiger charge is 2.27. The van der Waals surface area contributed by atoms with Crippen LogP contribution in [0.1, 0.15) is 48.9 Å². The summed E-state index contributed by atoms with van der Waals surface area (Å²) in [5, 5.41) is 9.21. The van der Waals surface area contributed by atoms with E-state index in [0.29, 0.717) is 29.8 Å². The highest BCUT2D eigenvalue weighted by molar-refractivity contribution is 8.77. The zero-order chi connectivity index (χ0) is 20.6. The fourth-order valence-corrected chi connectivity index (χ4v) is 6.82. The molecule has 0 saturated carbocycles. The Hall–Kier alpha value is -1.32. The van der Waals surface area contributed by atoms with Gasteiger partial charge in [0.25, 0.3) is 5.91 Å². The molecule has 0 aromatic heterocycles. The third-order valence-electron chi connectivity index (χ3n) is 4.95. The number of amides is 3. The molecule has 158 valence electrons. The van der Waals surface area contributed by atoms with Crippen molar-refractivity contribution in [3.8, 4) is 0 Å². The van der Waals surface area contributed by atoms with Crippen LogP contribution in [-0.4, -0.2) is 46.8 Å². The van der Waals surface area contributed by atoms with Gasteiger partial charge in [0.1, 0.15) is 6.04 Å². The van der Waals surface area contributed by atoms with Gasteiger partial charge in [0.2, 0.25) is 11.8 Å². The van der Waals surface area contributed by atoms with E-state index in [4.69, 9.17) is 0 Å². The molecule has 1 saturated heterocycles. The lowest BCUT2D eigenvalue weighted by molar-refractivity contribution is -0.118. The number of rotatable bonds is 9. The molecule has 1 aromatic carbocycles. The molecule has 1 fully saturated rings. The van der Waals surface area contributed by atoms with Gasteiger partial charge in [-0.15, -0.1) is 0 Å². The lowest BCUT2D eigenvalue weighted by Gasteiger charge is -2.13. The Balaban J connectivity index is 1.52. The summed E-state index contributed by atoms with van der Waals surface area (Å²) in [5.41, 5.74) is 1.42. The molecule has 0 aliphatic carbocycles. The quantitative estimate of drug-likeness (QED) is 0.385. The molecule has 1 unspecified atom stereocenters. The van der Waals surface area contributed by atoms with Crippen LogP contribution < -0.4 is 16.0 Å². The third kappa shape index (κ3) is 6.58. The maximum Gasteiger partial charge on any atom is 0.254 e. The normalized spacial score (nSPS) is 21.1. The van der Waals surface area contributed by atoms with E-state index in [1.807, 2.05) is 27.8 Å². The van der Waals surface area contributed by atoms with Gasteiger partial charge < -0.3 is 16.0 Å². The first-order valence-corrected chi connectivity index (χ1v) is 13.7. The first kappa shape index (κ1) is 22.4. The predicted molar refractivity (Wildman–Crippen MR) is 125 cm³/mol. The average molecular weight is 454 g/mol. The number of hydrogen-bond donors (Lipinski definition) is 3. The monoisotopic (exact) mass is 453 g/mol. The number of carbonyl (C=O) groups is 3. The standard InChI is InChI=1S/C20H27N3O3S3/c1-27-10-9-17-20(26)22-16-7-6-13(12-15(16)19(25)23-17)21-18(24)5-3-2-4-14-8-11-28-29-14/h6-7,12,14,17H,2-5,8-11H2,1H3,(H,21,24)(H,22,26)(H,23,25)/t14?,17-/m0/s1. The Morgan fingerprint density at radius 3 is 2.90 bits per heavy atom. The van der Waals surface area contributed by atoms with E-state index >= 15 is 0 Å². The minimum Gasteiger partial charge on any atom is -0.340 e. The van der Waals surface area contributed by atoms with E-state index < -0.39 is 6.04 Å². The van der Waals surface area contributed by atoms with Gasteiger partial charge >= 0.3 is 0 Å². The lowest BCUT2D eigenvalue weighted by atomic mass is 10.1. The number of fused-ring (bicyclic) bond motifs is 1. The molecule has 6 nitrogen and oxygen atoms in total. The van der Waals surface area contributed by atoms with E-state index in [-0.39, 0.29) is 17.7 Å². The van der Waals surface area contributed by atoms with E-state index in [2.05, 4.69) is 16.0 Å². The van der Waals surface area contributed by atoms with E-state index in [9.17, 15) is 14.4 Å². The summed E-state index contributed by atoms with van der Waals surface area (Å²) in [4.78, 5) is 37.2. The molecule has 0 bridgehead atoms. The minimum atomic E-state index is -0.545. The summed E-state index contributed by atoms with van der Waals surface area (Å²) in [5.74, 6) is 1.47. The molecular formula is C20H27N3O3S3. The van der Waals surface area contributed by atoms with Crippen molar-refractivity contribution in [2.45, 2.75) is 49.8 Å². The largest absolute Gasteiger partial charge is 0.340 e. The van der Waals surface area contributed by atoms with Crippen molar-refractivity contribution >= 4 is 62.4 Å². The van der Waals surface area contributed by atoms with Crippen molar-refractivity contribution in [2.75, 3.05) is 28.4 Å². The van der Waals surface area contributed by atoms with Gasteiger partial charge in [-0.1, -0.05) is 28.0 Å². The molecule has 2 atom stereocenters. The van der Waals surface area contributed by atoms with Gasteiger partial charge in [-0.25, -0.2) is 0 Å². The highest BCUT2D eigenvalue weighted by Crippen LogP contribution is 2.39. The van der Waals surface area contributed by atoms with Crippen molar-refractivity contribution in [1.82, 2.24) is 5.32 Å². The number of thioether (sulfide) groups is 1. The zero-order valence-corrected chi connectivity index (χ0v) is 18.9. The van der Waals surface area contributed by atoms with Crippen LogP contribution in [0.3, 0.4) is 0 Å². The van der Waals surface area contributed by atoms with Crippen LogP contribution >= 0.6 is 33.3 Å². The number of carbonyl (C=O) groups excluding carboxylic acids is 3. The lowest BCUT2D eigenvalue weighted by Crippen LogP contribution is -2.41. The maximum absolute atomic E-state index is 12.6. The van der Waals surface area contributed by atoms with Crippen molar-refractivity contribution in [1.29, 1.82) is 0 Å². The number of unbranched alkanes of at least 4 members (excludes halogenated alkanes) is 1. The van der Waals surface area contributed by atoms with Crippen LogP contribution in [0, 0.1) is 0 Å². The number of benzene rings is 1. The molecule has 0 spiro atoms. The first-order valence-electron chi connectivity index (χ1n) is 9.89. The topological polar surface area (TPSA) is 87.3 Å². The van der Waals surface area contributed by atoms with Gasteiger partial charge in [-0.2, -0.15) is 11.8 Å². The fraction of sp³-hybridized carbons (Fsp3) is 0.550. The number of nitrogens with one attached hydrogen (secondary N) is 3. The smallest absolute Gasteiger partial charge is 0.254 e. The van der Waals surface area contributed by atoms with Gasteiger partial charge in [-0.05, 0) is 55.9 Å². The molecule has 9 heteroatoms. The summed E-state index contributed by atoms with van der Waals surface area (Å²) in [7, 11) is 3.91. The average Bonchev–Trinajstić information content (AvgIpc) is 3.19. The SMILES string of the molecule is CSCC[C@@H]1NC(=O)c2cc(NC(=O)CCCCC3CCSS3)ccc2NC1=O. The second kappa shape index (κ2) is 11.2. The minimum absolute atomic E-state index is 0.0469. The molecule has 29 heavy (non-hydrogen) atoms. The summed E-state index contributed by atoms with van der Waals surface area (Å²) in [6, 6.07) is 4.48. The molecule has 2 aliphatic heterocycles. The van der Waals surface area contributed by atoms with Gasteiger partial charge in [0.15, 0.2) is 0 Å². The van der Waals surface area contributed by atoms with Crippen LogP contribution in [0.2, 0.25) is 0 Å². The van der Waals surface area contributed by atoms with Crippen LogP contribution in [-0.2, 0) is 9.59 Å². The molecule has 3 amide bonds. The van der Waals surface area contributed by atoms with E-state index in [1.54, 1.807) is 30.0 Å². The van der Waals surface area contributed by atoms with Gasteiger partial charge in [0, 0.05) is 23.1 Å². The van der Waals surface area contributed by atoms with Crippen LogP contribution in [0.25, 0.3) is 0 Å². The highest BCUT2D eigenvalue weighted by atomic mass is 33.1. The van der Waals surface area contributed by atoms with E-state index in [0.717, 1.165) is 23.8 Å². The third-order valence-corrected chi connectivity index (χ3v) is 8.60. The first-order chi connectivity index (χ1) is 14.1. The van der Waals surface area contributed by atoms with Gasteiger partial charge in [-0.3, -0.25) is 14.4 Å². The summed E-state index contributed by atoms with van der Waals surface area (Å²) in [6.07, 6.45) is 7.38. The van der Waals surface area contributed by atoms with Crippen molar-refractivity contribution in [3.63, 3.8) is 0 Å². The van der Waals surface area contributed by atoms with E-state index in [1.165, 1.54) is 18.6 Å². The molecule has 2 heterocycles. The van der Waals surface area contributed by atoms with Crippen LogP contribution in [0.4, 0.5) is 11.4 Å². The molecular weight excluding hydrogens is 426 g/mol.